The zero-order chi connectivity index (χ0) is 18.6. The molecule has 0 spiro atoms. The maximum atomic E-state index is 12.7. The lowest BCUT2D eigenvalue weighted by molar-refractivity contribution is -0.158. The first-order valence-electron chi connectivity index (χ1n) is 8.88. The lowest BCUT2D eigenvalue weighted by atomic mass is 10.1. The number of benzene rings is 2. The third-order valence-corrected chi connectivity index (χ3v) is 4.50. The van der Waals surface area contributed by atoms with Crippen LogP contribution in [0.3, 0.4) is 0 Å². The molecule has 0 N–H and O–H groups in total. The number of amides is 2. The van der Waals surface area contributed by atoms with Crippen molar-refractivity contribution in [3.05, 3.63) is 54.1 Å². The molecule has 140 valence electrons. The van der Waals surface area contributed by atoms with Crippen molar-refractivity contribution in [2.45, 2.75) is 12.8 Å². The molecular formula is C20H20N2O5. The number of fused-ring (bicyclic) bond motifs is 1. The van der Waals surface area contributed by atoms with Gasteiger partial charge in [0.25, 0.3) is 5.91 Å². The Balaban J connectivity index is 1.37. The fourth-order valence-corrected chi connectivity index (χ4v) is 3.18. The minimum absolute atomic E-state index is 0.0994. The van der Waals surface area contributed by atoms with Crippen molar-refractivity contribution in [2.75, 3.05) is 26.5 Å². The van der Waals surface area contributed by atoms with Gasteiger partial charge in [-0.3, -0.25) is 14.6 Å². The monoisotopic (exact) mass is 368 g/mol. The van der Waals surface area contributed by atoms with Gasteiger partial charge in [-0.1, -0.05) is 24.3 Å². The normalized spacial score (nSPS) is 15.1. The molecule has 1 fully saturated rings. The molecule has 2 aliphatic rings. The standard InChI is InChI=1S/C20H20N2O5/c23-19(12-15-7-8-17-18(11-15)27-14-26-17)21-9-4-10-22(21)20(24)13-25-16-5-2-1-3-6-16/h1-3,5-8,11H,4,9-10,12-14H2. The van der Waals surface area contributed by atoms with Gasteiger partial charge in [0.1, 0.15) is 5.75 Å². The maximum absolute atomic E-state index is 12.7. The van der Waals surface area contributed by atoms with Gasteiger partial charge in [-0.05, 0) is 36.2 Å². The van der Waals surface area contributed by atoms with Crippen molar-refractivity contribution < 1.29 is 23.8 Å². The van der Waals surface area contributed by atoms with E-state index in [1.54, 1.807) is 24.3 Å². The van der Waals surface area contributed by atoms with Crippen molar-refractivity contribution in [2.24, 2.45) is 0 Å². The van der Waals surface area contributed by atoms with Gasteiger partial charge >= 0.3 is 0 Å². The number of hydrogen-bond donors (Lipinski definition) is 0. The quantitative estimate of drug-likeness (QED) is 0.808. The molecule has 7 heteroatoms. The zero-order valence-corrected chi connectivity index (χ0v) is 14.8. The molecule has 0 saturated carbocycles. The van der Waals surface area contributed by atoms with Crippen LogP contribution in [0.4, 0.5) is 0 Å². The van der Waals surface area contributed by atoms with E-state index in [2.05, 4.69) is 0 Å². The number of para-hydroxylation sites is 1. The van der Waals surface area contributed by atoms with Crippen LogP contribution >= 0.6 is 0 Å². The molecule has 2 heterocycles. The van der Waals surface area contributed by atoms with Crippen molar-refractivity contribution in [3.8, 4) is 17.2 Å². The van der Waals surface area contributed by atoms with E-state index in [-0.39, 0.29) is 31.6 Å². The van der Waals surface area contributed by atoms with Crippen molar-refractivity contribution in [1.82, 2.24) is 10.0 Å². The van der Waals surface area contributed by atoms with Gasteiger partial charge in [-0.2, -0.15) is 0 Å². The first-order valence-corrected chi connectivity index (χ1v) is 8.88. The van der Waals surface area contributed by atoms with Gasteiger partial charge in [0.15, 0.2) is 18.1 Å². The van der Waals surface area contributed by atoms with Gasteiger partial charge in [-0.15, -0.1) is 0 Å². The van der Waals surface area contributed by atoms with E-state index in [1.165, 1.54) is 10.0 Å². The second-order valence-corrected chi connectivity index (χ2v) is 6.35. The molecule has 0 bridgehead atoms. The highest BCUT2D eigenvalue weighted by Crippen LogP contribution is 2.32. The van der Waals surface area contributed by atoms with E-state index in [1.807, 2.05) is 24.3 Å². The summed E-state index contributed by atoms with van der Waals surface area (Å²) in [7, 11) is 0. The first-order chi connectivity index (χ1) is 13.2. The van der Waals surface area contributed by atoms with E-state index in [0.717, 1.165) is 12.0 Å². The highest BCUT2D eigenvalue weighted by atomic mass is 16.7. The van der Waals surface area contributed by atoms with Gasteiger partial charge in [0.05, 0.1) is 6.42 Å². The Hall–Kier alpha value is -3.22. The van der Waals surface area contributed by atoms with Gasteiger partial charge in [0.2, 0.25) is 12.7 Å². The minimum atomic E-state index is -0.226. The summed E-state index contributed by atoms with van der Waals surface area (Å²) in [6.45, 7) is 1.14. The van der Waals surface area contributed by atoms with Crippen LogP contribution in [0, 0.1) is 0 Å². The Morgan fingerprint density at radius 1 is 0.926 bits per heavy atom. The molecule has 2 aliphatic heterocycles. The van der Waals surface area contributed by atoms with Crippen LogP contribution in [0.5, 0.6) is 17.2 Å². The highest BCUT2D eigenvalue weighted by Gasteiger charge is 2.31. The van der Waals surface area contributed by atoms with E-state index in [4.69, 9.17) is 14.2 Å². The Bertz CT molecular complexity index is 840. The lowest BCUT2D eigenvalue weighted by Crippen LogP contribution is -2.47. The predicted molar refractivity (Wildman–Crippen MR) is 96.2 cm³/mol. The highest BCUT2D eigenvalue weighted by molar-refractivity contribution is 5.84. The number of rotatable bonds is 5. The van der Waals surface area contributed by atoms with Crippen LogP contribution in [0.1, 0.15) is 12.0 Å². The molecule has 2 aromatic carbocycles. The molecule has 0 aliphatic carbocycles. The molecular weight excluding hydrogens is 348 g/mol. The lowest BCUT2D eigenvalue weighted by Gasteiger charge is -2.28. The molecule has 1 saturated heterocycles. The molecule has 27 heavy (non-hydrogen) atoms. The second-order valence-electron chi connectivity index (χ2n) is 6.35. The van der Waals surface area contributed by atoms with Crippen LogP contribution in [0.15, 0.2) is 48.5 Å². The number of hydrogen-bond acceptors (Lipinski definition) is 5. The summed E-state index contributed by atoms with van der Waals surface area (Å²) in [5, 5.41) is 3.00. The van der Waals surface area contributed by atoms with Crippen LogP contribution in [-0.2, 0) is 16.0 Å². The maximum Gasteiger partial charge on any atom is 0.279 e. The fraction of sp³-hybridized carbons (Fsp3) is 0.300. The second kappa shape index (κ2) is 7.57. The third kappa shape index (κ3) is 3.81. The third-order valence-electron chi connectivity index (χ3n) is 4.50. The first kappa shape index (κ1) is 17.2. The van der Waals surface area contributed by atoms with E-state index in [0.29, 0.717) is 30.3 Å². The molecule has 4 rings (SSSR count). The van der Waals surface area contributed by atoms with Crippen LogP contribution in [-0.4, -0.2) is 48.3 Å². The summed E-state index contributed by atoms with van der Waals surface area (Å²) in [5.74, 6) is 1.60. The SMILES string of the molecule is O=C(COc1ccccc1)N1CCCN1C(=O)Cc1ccc2c(c1)OCO2. The van der Waals surface area contributed by atoms with Gasteiger partial charge < -0.3 is 14.2 Å². The number of hydrazine groups is 1. The molecule has 7 nitrogen and oxygen atoms in total. The Kier molecular flexibility index (Phi) is 4.82. The van der Waals surface area contributed by atoms with E-state index >= 15 is 0 Å². The number of carbonyl (C=O) groups is 2. The average molecular weight is 368 g/mol. The summed E-state index contributed by atoms with van der Waals surface area (Å²) in [4.78, 5) is 25.2. The van der Waals surface area contributed by atoms with Crippen molar-refractivity contribution in [1.29, 1.82) is 0 Å². The molecule has 0 radical (unpaired) electrons. The fourth-order valence-electron chi connectivity index (χ4n) is 3.18. The van der Waals surface area contributed by atoms with Crippen molar-refractivity contribution >= 4 is 11.8 Å². The number of ether oxygens (including phenoxy) is 3. The van der Waals surface area contributed by atoms with Crippen LogP contribution in [0.2, 0.25) is 0 Å². The Morgan fingerprint density at radius 2 is 1.67 bits per heavy atom. The largest absolute Gasteiger partial charge is 0.484 e. The number of nitrogens with zero attached hydrogens (tertiary/aromatic N) is 2. The summed E-state index contributed by atoms with van der Waals surface area (Å²) < 4.78 is 16.2. The summed E-state index contributed by atoms with van der Waals surface area (Å²) >= 11 is 0. The molecule has 0 unspecified atom stereocenters. The van der Waals surface area contributed by atoms with Crippen molar-refractivity contribution in [3.63, 3.8) is 0 Å². The number of carbonyl (C=O) groups excluding carboxylic acids is 2. The van der Waals surface area contributed by atoms with Gasteiger partial charge in [-0.25, -0.2) is 5.01 Å². The summed E-state index contributed by atoms with van der Waals surface area (Å²) in [5.41, 5.74) is 0.823. The van der Waals surface area contributed by atoms with E-state index < -0.39 is 0 Å². The predicted octanol–water partition coefficient (Wildman–Crippen LogP) is 2.01. The smallest absolute Gasteiger partial charge is 0.279 e. The molecule has 2 amide bonds. The summed E-state index contributed by atoms with van der Waals surface area (Å²) in [6, 6.07) is 14.6. The minimum Gasteiger partial charge on any atom is -0.484 e. The van der Waals surface area contributed by atoms with Gasteiger partial charge in [0, 0.05) is 13.1 Å². The topological polar surface area (TPSA) is 68.3 Å². The molecule has 0 atom stereocenters. The zero-order valence-electron chi connectivity index (χ0n) is 14.8. The Labute approximate surface area is 157 Å². The van der Waals surface area contributed by atoms with Crippen LogP contribution < -0.4 is 14.2 Å². The average Bonchev–Trinajstić information content (AvgIpc) is 3.36. The van der Waals surface area contributed by atoms with Crippen LogP contribution in [0.25, 0.3) is 0 Å². The Morgan fingerprint density at radius 3 is 2.48 bits per heavy atom. The van der Waals surface area contributed by atoms with E-state index in [9.17, 15) is 9.59 Å². The molecule has 0 aromatic heterocycles. The molecule has 2 aromatic rings. The summed E-state index contributed by atoms with van der Waals surface area (Å²) in [6.07, 6.45) is 0.948.